The Kier molecular flexibility index (Phi) is 4.09. The Balaban J connectivity index is 2.63. The molecule has 1 N–H and O–H groups in total. The Bertz CT molecular complexity index is 316. The highest BCUT2D eigenvalue weighted by Crippen LogP contribution is 2.22. The zero-order valence-corrected chi connectivity index (χ0v) is 9.95. The molecule has 1 unspecified atom stereocenters. The van der Waals surface area contributed by atoms with Crippen LogP contribution in [0.3, 0.4) is 0 Å². The molecule has 0 aliphatic rings. The van der Waals surface area contributed by atoms with Crippen LogP contribution in [0, 0.1) is 5.41 Å². The molecule has 0 spiro atoms. The van der Waals surface area contributed by atoms with Crippen LogP contribution in [0.5, 0.6) is 0 Å². The molecule has 0 radical (unpaired) electrons. The first-order valence-electron chi connectivity index (χ1n) is 5.41. The van der Waals surface area contributed by atoms with Crippen LogP contribution in [-0.4, -0.2) is 22.9 Å². The second-order valence-corrected chi connectivity index (χ2v) is 4.34. The second-order valence-electron chi connectivity index (χ2n) is 4.34. The van der Waals surface area contributed by atoms with Crippen molar-refractivity contribution in [1.82, 2.24) is 15.1 Å². The van der Waals surface area contributed by atoms with Crippen molar-refractivity contribution in [2.24, 2.45) is 12.5 Å². The van der Waals surface area contributed by atoms with Crippen LogP contribution in [0.1, 0.15) is 19.4 Å². The summed E-state index contributed by atoms with van der Waals surface area (Å²) in [5.41, 5.74) is 1.37. The van der Waals surface area contributed by atoms with Gasteiger partial charge in [-0.15, -0.1) is 6.58 Å². The molecule has 3 heteroatoms. The van der Waals surface area contributed by atoms with Crippen LogP contribution in [0.25, 0.3) is 0 Å². The zero-order chi connectivity index (χ0) is 11.3. The summed E-state index contributed by atoms with van der Waals surface area (Å²) in [6.07, 6.45) is 7.00. The van der Waals surface area contributed by atoms with E-state index in [4.69, 9.17) is 0 Å². The first kappa shape index (κ1) is 12.0. The molecule has 0 amide bonds. The van der Waals surface area contributed by atoms with E-state index in [1.807, 2.05) is 24.0 Å². The van der Waals surface area contributed by atoms with E-state index in [-0.39, 0.29) is 5.41 Å². The Morgan fingerprint density at radius 3 is 2.87 bits per heavy atom. The van der Waals surface area contributed by atoms with Crippen molar-refractivity contribution in [3.63, 3.8) is 0 Å². The predicted molar refractivity (Wildman–Crippen MR) is 63.8 cm³/mol. The standard InChI is InChI=1S/C12H21N3/c1-5-12(3,10-13-6-2)7-11-8-14-15(4)9-11/h5,8-9,13H,1,6-7,10H2,2-4H3. The van der Waals surface area contributed by atoms with Crippen molar-refractivity contribution in [1.29, 1.82) is 0 Å². The lowest BCUT2D eigenvalue weighted by Crippen LogP contribution is -2.31. The van der Waals surface area contributed by atoms with E-state index in [1.54, 1.807) is 0 Å². The van der Waals surface area contributed by atoms with Crippen molar-refractivity contribution in [3.8, 4) is 0 Å². The van der Waals surface area contributed by atoms with Gasteiger partial charge in [-0.3, -0.25) is 4.68 Å². The molecular formula is C12H21N3. The fourth-order valence-corrected chi connectivity index (χ4v) is 1.65. The topological polar surface area (TPSA) is 29.9 Å². The Labute approximate surface area is 92.2 Å². The summed E-state index contributed by atoms with van der Waals surface area (Å²) in [6, 6.07) is 0. The van der Waals surface area contributed by atoms with Gasteiger partial charge in [-0.25, -0.2) is 0 Å². The van der Waals surface area contributed by atoms with Gasteiger partial charge in [0, 0.05) is 25.2 Å². The highest BCUT2D eigenvalue weighted by molar-refractivity contribution is 5.10. The molecule has 84 valence electrons. The highest BCUT2D eigenvalue weighted by Gasteiger charge is 2.20. The van der Waals surface area contributed by atoms with Gasteiger partial charge in [0.25, 0.3) is 0 Å². The lowest BCUT2D eigenvalue weighted by molar-refractivity contribution is 0.396. The largest absolute Gasteiger partial charge is 0.316 e. The van der Waals surface area contributed by atoms with Crippen LogP contribution < -0.4 is 5.32 Å². The summed E-state index contributed by atoms with van der Waals surface area (Å²) in [5, 5.41) is 7.55. The van der Waals surface area contributed by atoms with Gasteiger partial charge < -0.3 is 5.32 Å². The summed E-state index contributed by atoms with van der Waals surface area (Å²) < 4.78 is 1.84. The summed E-state index contributed by atoms with van der Waals surface area (Å²) in [6.45, 7) is 10.2. The van der Waals surface area contributed by atoms with Crippen molar-refractivity contribution >= 4 is 0 Å². The Hall–Kier alpha value is -1.09. The van der Waals surface area contributed by atoms with Gasteiger partial charge in [0.15, 0.2) is 0 Å². The zero-order valence-electron chi connectivity index (χ0n) is 9.95. The smallest absolute Gasteiger partial charge is 0.0521 e. The molecule has 0 saturated heterocycles. The molecule has 0 bridgehead atoms. The number of nitrogens with one attached hydrogen (secondary N) is 1. The van der Waals surface area contributed by atoms with Crippen LogP contribution in [0.2, 0.25) is 0 Å². The van der Waals surface area contributed by atoms with Crippen molar-refractivity contribution < 1.29 is 0 Å². The summed E-state index contributed by atoms with van der Waals surface area (Å²) >= 11 is 0. The summed E-state index contributed by atoms with van der Waals surface area (Å²) in [7, 11) is 1.94. The number of hydrogen-bond donors (Lipinski definition) is 1. The molecule has 0 aliphatic carbocycles. The van der Waals surface area contributed by atoms with Gasteiger partial charge in [0.1, 0.15) is 0 Å². The number of aryl methyl sites for hydroxylation is 1. The van der Waals surface area contributed by atoms with Crippen molar-refractivity contribution in [2.45, 2.75) is 20.3 Å². The first-order chi connectivity index (χ1) is 7.09. The molecule has 1 heterocycles. The SMILES string of the molecule is C=CC(C)(CNCC)Cc1cnn(C)c1. The minimum Gasteiger partial charge on any atom is -0.316 e. The molecule has 1 aromatic heterocycles. The third kappa shape index (κ3) is 3.51. The summed E-state index contributed by atoms with van der Waals surface area (Å²) in [5.74, 6) is 0. The van der Waals surface area contributed by atoms with E-state index in [2.05, 4.69) is 37.0 Å². The van der Waals surface area contributed by atoms with E-state index in [9.17, 15) is 0 Å². The van der Waals surface area contributed by atoms with E-state index >= 15 is 0 Å². The van der Waals surface area contributed by atoms with Gasteiger partial charge in [0.05, 0.1) is 6.20 Å². The Morgan fingerprint density at radius 2 is 2.40 bits per heavy atom. The highest BCUT2D eigenvalue weighted by atomic mass is 15.2. The molecular weight excluding hydrogens is 186 g/mol. The number of hydrogen-bond acceptors (Lipinski definition) is 2. The number of nitrogens with zero attached hydrogens (tertiary/aromatic N) is 2. The monoisotopic (exact) mass is 207 g/mol. The molecule has 0 fully saturated rings. The number of rotatable bonds is 6. The van der Waals surface area contributed by atoms with Gasteiger partial charge in [0.2, 0.25) is 0 Å². The van der Waals surface area contributed by atoms with Gasteiger partial charge in [-0.05, 0) is 18.5 Å². The van der Waals surface area contributed by atoms with Gasteiger partial charge in [-0.2, -0.15) is 5.10 Å². The molecule has 1 rings (SSSR count). The predicted octanol–water partition coefficient (Wildman–Crippen LogP) is 1.76. The normalized spacial score (nSPS) is 14.9. The third-order valence-electron chi connectivity index (χ3n) is 2.64. The van der Waals surface area contributed by atoms with Crippen LogP contribution in [0.15, 0.2) is 25.0 Å². The molecule has 1 aromatic rings. The second kappa shape index (κ2) is 5.12. The van der Waals surface area contributed by atoms with E-state index in [0.717, 1.165) is 19.5 Å². The van der Waals surface area contributed by atoms with E-state index < -0.39 is 0 Å². The number of aromatic nitrogens is 2. The third-order valence-corrected chi connectivity index (χ3v) is 2.64. The quantitative estimate of drug-likeness (QED) is 0.720. The maximum Gasteiger partial charge on any atom is 0.0521 e. The molecule has 3 nitrogen and oxygen atoms in total. The molecule has 0 saturated carbocycles. The lowest BCUT2D eigenvalue weighted by atomic mass is 9.84. The fraction of sp³-hybridized carbons (Fsp3) is 0.583. The average Bonchev–Trinajstić information content (AvgIpc) is 2.61. The average molecular weight is 207 g/mol. The van der Waals surface area contributed by atoms with Gasteiger partial charge >= 0.3 is 0 Å². The van der Waals surface area contributed by atoms with Crippen LogP contribution in [0.4, 0.5) is 0 Å². The molecule has 0 aromatic carbocycles. The van der Waals surface area contributed by atoms with Crippen LogP contribution >= 0.6 is 0 Å². The summed E-state index contributed by atoms with van der Waals surface area (Å²) in [4.78, 5) is 0. The van der Waals surface area contributed by atoms with Crippen LogP contribution in [-0.2, 0) is 13.5 Å². The van der Waals surface area contributed by atoms with E-state index in [1.165, 1.54) is 5.56 Å². The molecule has 15 heavy (non-hydrogen) atoms. The Morgan fingerprint density at radius 1 is 1.67 bits per heavy atom. The fourth-order valence-electron chi connectivity index (χ4n) is 1.65. The minimum atomic E-state index is 0.110. The lowest BCUT2D eigenvalue weighted by Gasteiger charge is -2.25. The molecule has 0 aliphatic heterocycles. The maximum absolute atomic E-state index is 4.18. The minimum absolute atomic E-state index is 0.110. The first-order valence-corrected chi connectivity index (χ1v) is 5.41. The van der Waals surface area contributed by atoms with Crippen molar-refractivity contribution in [3.05, 3.63) is 30.6 Å². The van der Waals surface area contributed by atoms with Gasteiger partial charge in [-0.1, -0.05) is 19.9 Å². The molecule has 1 atom stereocenters. The maximum atomic E-state index is 4.18. The van der Waals surface area contributed by atoms with E-state index in [0.29, 0.717) is 0 Å². The van der Waals surface area contributed by atoms with Crippen molar-refractivity contribution in [2.75, 3.05) is 13.1 Å².